The Morgan fingerprint density at radius 1 is 1.36 bits per heavy atom. The first-order valence-electron chi connectivity index (χ1n) is 3.86. The first kappa shape index (κ1) is 12.5. The molecule has 0 saturated carbocycles. The maximum atomic E-state index is 10.6. The van der Waals surface area contributed by atoms with Crippen molar-refractivity contribution >= 4 is 19.5 Å². The number of nitrogens with one attached hydrogen (secondary N) is 1. The summed E-state index contributed by atoms with van der Waals surface area (Å²) in [6, 6.07) is 9.13. The molecule has 1 aromatic rings. The molecule has 0 aliphatic rings. The second-order valence-electron chi connectivity index (χ2n) is 2.12. The number of para-hydroxylation sites is 1. The molecule has 5 nitrogen and oxygen atoms in total. The molecule has 0 radical (unpaired) electrons. The predicted molar refractivity (Wildman–Crippen MR) is 54.1 cm³/mol. The van der Waals surface area contributed by atoms with Crippen molar-refractivity contribution in [3.63, 3.8) is 0 Å². The summed E-state index contributed by atoms with van der Waals surface area (Å²) in [5.41, 5.74) is 0.736. The Morgan fingerprint density at radius 2 is 1.86 bits per heavy atom. The first-order chi connectivity index (χ1) is 6.74. The van der Waals surface area contributed by atoms with Gasteiger partial charge in [-0.2, -0.15) is 0 Å². The molecule has 14 heavy (non-hydrogen) atoms. The van der Waals surface area contributed by atoms with Gasteiger partial charge in [-0.15, -0.1) is 0 Å². The van der Waals surface area contributed by atoms with Crippen LogP contribution in [-0.4, -0.2) is 30.9 Å². The fourth-order valence-electron chi connectivity index (χ4n) is 0.690. The van der Waals surface area contributed by atoms with Crippen LogP contribution in [0.1, 0.15) is 0 Å². The second kappa shape index (κ2) is 8.09. The van der Waals surface area contributed by atoms with Crippen LogP contribution in [0.2, 0.25) is 0 Å². The van der Waals surface area contributed by atoms with E-state index in [-0.39, 0.29) is 0 Å². The highest BCUT2D eigenvalue weighted by atomic mass is 16.5. The number of rotatable bonds is 1. The van der Waals surface area contributed by atoms with Gasteiger partial charge in [-0.05, 0) is 12.1 Å². The zero-order chi connectivity index (χ0) is 10.8. The standard InChI is InChI=1S/C8H9NO2.BH3O2/c1-11-8(10)9-7-5-3-2-4-6-7;2-1-3/h2-6H,1H3,(H,9,10);1-3H. The summed E-state index contributed by atoms with van der Waals surface area (Å²) in [6.45, 7) is 0. The van der Waals surface area contributed by atoms with Crippen LogP contribution in [0.5, 0.6) is 0 Å². The van der Waals surface area contributed by atoms with Gasteiger partial charge in [0.25, 0.3) is 0 Å². The molecule has 1 rings (SSSR count). The maximum Gasteiger partial charge on any atom is 0.432 e. The molecule has 0 heterocycles. The number of methoxy groups -OCH3 is 1. The fraction of sp³-hybridized carbons (Fsp3) is 0.125. The van der Waals surface area contributed by atoms with E-state index in [4.69, 9.17) is 10.0 Å². The Balaban J connectivity index is 0.000000500. The summed E-state index contributed by atoms with van der Waals surface area (Å²) in [5.74, 6) is 0. The lowest BCUT2D eigenvalue weighted by Crippen LogP contribution is -2.10. The molecule has 0 unspecified atom stereocenters. The third-order valence-electron chi connectivity index (χ3n) is 1.21. The van der Waals surface area contributed by atoms with Gasteiger partial charge in [0.1, 0.15) is 0 Å². The molecule has 0 atom stereocenters. The Morgan fingerprint density at radius 3 is 2.29 bits per heavy atom. The molecule has 6 heteroatoms. The van der Waals surface area contributed by atoms with Crippen LogP contribution in [0.15, 0.2) is 30.3 Å². The summed E-state index contributed by atoms with van der Waals surface area (Å²) in [5, 5.41) is 16.8. The zero-order valence-corrected chi connectivity index (χ0v) is 7.80. The van der Waals surface area contributed by atoms with E-state index in [1.807, 2.05) is 18.2 Å². The fourth-order valence-corrected chi connectivity index (χ4v) is 0.690. The minimum Gasteiger partial charge on any atom is -0.453 e. The highest BCUT2D eigenvalue weighted by Crippen LogP contribution is 2.04. The smallest absolute Gasteiger partial charge is 0.432 e. The van der Waals surface area contributed by atoms with E-state index < -0.39 is 13.8 Å². The van der Waals surface area contributed by atoms with Crippen LogP contribution in [0.4, 0.5) is 10.5 Å². The van der Waals surface area contributed by atoms with Crippen molar-refractivity contribution in [2.24, 2.45) is 0 Å². The number of anilines is 1. The van der Waals surface area contributed by atoms with Crippen LogP contribution in [-0.2, 0) is 4.74 Å². The molecular formula is C8H12BNO4. The van der Waals surface area contributed by atoms with Gasteiger partial charge in [-0.1, -0.05) is 18.2 Å². The lowest BCUT2D eigenvalue weighted by atomic mass is 10.3. The van der Waals surface area contributed by atoms with Gasteiger partial charge in [-0.25, -0.2) is 4.79 Å². The molecule has 1 amide bonds. The minimum atomic E-state index is -0.750. The molecule has 0 bridgehead atoms. The third-order valence-corrected chi connectivity index (χ3v) is 1.21. The lowest BCUT2D eigenvalue weighted by molar-refractivity contribution is 0.187. The Labute approximate surface area is 82.6 Å². The lowest BCUT2D eigenvalue weighted by Gasteiger charge is -2.01. The van der Waals surface area contributed by atoms with Crippen molar-refractivity contribution < 1.29 is 19.6 Å². The summed E-state index contributed by atoms with van der Waals surface area (Å²) in [6.07, 6.45) is -0.448. The van der Waals surface area contributed by atoms with Gasteiger partial charge in [-0.3, -0.25) is 5.32 Å². The van der Waals surface area contributed by atoms with E-state index in [0.29, 0.717) is 0 Å². The molecule has 76 valence electrons. The average Bonchev–Trinajstić information content (AvgIpc) is 2.20. The van der Waals surface area contributed by atoms with Gasteiger partial charge in [0.2, 0.25) is 0 Å². The van der Waals surface area contributed by atoms with Crippen LogP contribution < -0.4 is 5.32 Å². The number of hydrogen-bond acceptors (Lipinski definition) is 4. The molecule has 0 aliphatic heterocycles. The molecule has 1 aromatic carbocycles. The van der Waals surface area contributed by atoms with Crippen molar-refractivity contribution in [1.29, 1.82) is 0 Å². The highest BCUT2D eigenvalue weighted by Gasteiger charge is 1.96. The SMILES string of the molecule is COC(=O)Nc1ccccc1.OBO. The van der Waals surface area contributed by atoms with Gasteiger partial charge >= 0.3 is 13.8 Å². The largest absolute Gasteiger partial charge is 0.453 e. The molecule has 0 saturated heterocycles. The van der Waals surface area contributed by atoms with Crippen LogP contribution in [0, 0.1) is 0 Å². The van der Waals surface area contributed by atoms with Gasteiger partial charge in [0.15, 0.2) is 0 Å². The van der Waals surface area contributed by atoms with E-state index in [1.165, 1.54) is 7.11 Å². The quantitative estimate of drug-likeness (QED) is 0.558. The predicted octanol–water partition coefficient (Wildman–Crippen LogP) is 0.102. The molecule has 0 aromatic heterocycles. The number of carbonyl (C=O) groups excluding carboxylic acids is 1. The van der Waals surface area contributed by atoms with E-state index in [9.17, 15) is 4.79 Å². The number of hydrogen-bond donors (Lipinski definition) is 3. The molecule has 0 spiro atoms. The minimum absolute atomic E-state index is 0.448. The molecule has 0 fully saturated rings. The van der Waals surface area contributed by atoms with Crippen molar-refractivity contribution in [3.05, 3.63) is 30.3 Å². The van der Waals surface area contributed by atoms with E-state index >= 15 is 0 Å². The second-order valence-corrected chi connectivity index (χ2v) is 2.12. The highest BCUT2D eigenvalue weighted by molar-refractivity contribution is 6.13. The van der Waals surface area contributed by atoms with Crippen LogP contribution in [0.25, 0.3) is 0 Å². The van der Waals surface area contributed by atoms with Crippen molar-refractivity contribution in [1.82, 2.24) is 0 Å². The summed E-state index contributed by atoms with van der Waals surface area (Å²) < 4.78 is 4.40. The van der Waals surface area contributed by atoms with Crippen molar-refractivity contribution in [2.75, 3.05) is 12.4 Å². The van der Waals surface area contributed by atoms with E-state index in [2.05, 4.69) is 10.1 Å². The van der Waals surface area contributed by atoms with Gasteiger partial charge < -0.3 is 14.8 Å². The van der Waals surface area contributed by atoms with Crippen LogP contribution in [0.3, 0.4) is 0 Å². The van der Waals surface area contributed by atoms with Crippen molar-refractivity contribution in [2.45, 2.75) is 0 Å². The average molecular weight is 197 g/mol. The third kappa shape index (κ3) is 6.04. The van der Waals surface area contributed by atoms with E-state index in [1.54, 1.807) is 12.1 Å². The topological polar surface area (TPSA) is 78.8 Å². The number of benzene rings is 1. The Hall–Kier alpha value is -1.53. The number of carbonyl (C=O) groups is 1. The zero-order valence-electron chi connectivity index (χ0n) is 7.80. The first-order valence-corrected chi connectivity index (χ1v) is 3.86. The molecule has 0 aliphatic carbocycles. The van der Waals surface area contributed by atoms with Gasteiger partial charge in [0, 0.05) is 5.69 Å². The number of ether oxygens (including phenoxy) is 1. The number of amides is 1. The molecular weight excluding hydrogens is 185 g/mol. The van der Waals surface area contributed by atoms with Crippen LogP contribution >= 0.6 is 0 Å². The summed E-state index contributed by atoms with van der Waals surface area (Å²) >= 11 is 0. The Bertz CT molecular complexity index is 255. The molecule has 3 N–H and O–H groups in total. The van der Waals surface area contributed by atoms with Gasteiger partial charge in [0.05, 0.1) is 7.11 Å². The maximum absolute atomic E-state index is 10.6. The Kier molecular flexibility index (Phi) is 7.21. The summed E-state index contributed by atoms with van der Waals surface area (Å²) in [7, 11) is 0.582. The summed E-state index contributed by atoms with van der Waals surface area (Å²) in [4.78, 5) is 10.6. The van der Waals surface area contributed by atoms with Crippen molar-refractivity contribution in [3.8, 4) is 0 Å². The normalized spacial score (nSPS) is 7.93. The van der Waals surface area contributed by atoms with E-state index in [0.717, 1.165) is 5.69 Å². The monoisotopic (exact) mass is 197 g/mol.